The number of rotatable bonds is 1. The summed E-state index contributed by atoms with van der Waals surface area (Å²) in [6.07, 6.45) is 1.89. The fraction of sp³-hybridized carbons (Fsp3) is 0.500. The Labute approximate surface area is 85.1 Å². The molecule has 1 heterocycles. The molecule has 0 unspecified atom stereocenters. The van der Waals surface area contributed by atoms with E-state index in [1.165, 1.54) is 5.56 Å². The SMILES string of the molecule is C[C@@]1(c2ccccc2)C[C@H](N)CCO1. The van der Waals surface area contributed by atoms with Gasteiger partial charge in [0.05, 0.1) is 5.60 Å². The number of benzene rings is 1. The van der Waals surface area contributed by atoms with Crippen LogP contribution in [0, 0.1) is 0 Å². The summed E-state index contributed by atoms with van der Waals surface area (Å²) in [4.78, 5) is 0. The molecule has 0 aromatic heterocycles. The normalized spacial score (nSPS) is 32.9. The standard InChI is InChI=1S/C12H17NO/c1-12(9-11(13)7-8-14-12)10-5-3-2-4-6-10/h2-6,11H,7-9,13H2,1H3/t11-,12+/m1/s1. The van der Waals surface area contributed by atoms with Crippen molar-refractivity contribution < 1.29 is 4.74 Å². The van der Waals surface area contributed by atoms with Crippen LogP contribution in [0.1, 0.15) is 25.3 Å². The van der Waals surface area contributed by atoms with E-state index in [4.69, 9.17) is 10.5 Å². The first kappa shape index (κ1) is 9.69. The molecule has 2 N–H and O–H groups in total. The van der Waals surface area contributed by atoms with Gasteiger partial charge in [-0.1, -0.05) is 30.3 Å². The molecule has 0 amide bonds. The van der Waals surface area contributed by atoms with Crippen molar-refractivity contribution in [2.75, 3.05) is 6.61 Å². The van der Waals surface area contributed by atoms with E-state index in [2.05, 4.69) is 19.1 Å². The Bertz CT molecular complexity index is 298. The first-order chi connectivity index (χ1) is 6.71. The van der Waals surface area contributed by atoms with E-state index in [1.54, 1.807) is 0 Å². The molecule has 14 heavy (non-hydrogen) atoms. The minimum absolute atomic E-state index is 0.182. The minimum atomic E-state index is -0.182. The monoisotopic (exact) mass is 191 g/mol. The van der Waals surface area contributed by atoms with Crippen LogP contribution in [0.5, 0.6) is 0 Å². The lowest BCUT2D eigenvalue weighted by Gasteiger charge is -2.37. The van der Waals surface area contributed by atoms with Gasteiger partial charge in [0.25, 0.3) is 0 Å². The Morgan fingerprint density at radius 2 is 2.07 bits per heavy atom. The number of nitrogens with two attached hydrogens (primary N) is 1. The van der Waals surface area contributed by atoms with Gasteiger partial charge in [-0.2, -0.15) is 0 Å². The van der Waals surface area contributed by atoms with E-state index in [0.717, 1.165) is 19.4 Å². The van der Waals surface area contributed by atoms with Crippen LogP contribution in [0.3, 0.4) is 0 Å². The highest BCUT2D eigenvalue weighted by molar-refractivity contribution is 5.22. The quantitative estimate of drug-likeness (QED) is 0.737. The molecule has 2 nitrogen and oxygen atoms in total. The van der Waals surface area contributed by atoms with Gasteiger partial charge in [0, 0.05) is 12.6 Å². The van der Waals surface area contributed by atoms with Crippen molar-refractivity contribution in [3.63, 3.8) is 0 Å². The van der Waals surface area contributed by atoms with Crippen molar-refractivity contribution in [2.24, 2.45) is 5.73 Å². The maximum atomic E-state index is 5.97. The van der Waals surface area contributed by atoms with Crippen molar-refractivity contribution in [2.45, 2.75) is 31.4 Å². The summed E-state index contributed by atoms with van der Waals surface area (Å²) < 4.78 is 5.84. The van der Waals surface area contributed by atoms with Gasteiger partial charge in [-0.25, -0.2) is 0 Å². The fourth-order valence-electron chi connectivity index (χ4n) is 2.09. The van der Waals surface area contributed by atoms with Crippen LogP contribution >= 0.6 is 0 Å². The van der Waals surface area contributed by atoms with Gasteiger partial charge in [0.2, 0.25) is 0 Å². The molecular formula is C12H17NO. The molecule has 1 aliphatic rings. The van der Waals surface area contributed by atoms with Gasteiger partial charge in [0.1, 0.15) is 0 Å². The van der Waals surface area contributed by atoms with Crippen molar-refractivity contribution in [1.82, 2.24) is 0 Å². The molecule has 0 aliphatic carbocycles. The molecule has 1 aromatic rings. The van der Waals surface area contributed by atoms with Gasteiger partial charge in [-0.3, -0.25) is 0 Å². The molecule has 2 rings (SSSR count). The third-order valence-electron chi connectivity index (χ3n) is 2.95. The second-order valence-corrected chi connectivity index (χ2v) is 4.20. The predicted octanol–water partition coefficient (Wildman–Crippen LogP) is 2.04. The highest BCUT2D eigenvalue weighted by atomic mass is 16.5. The molecular weight excluding hydrogens is 174 g/mol. The van der Waals surface area contributed by atoms with Gasteiger partial charge < -0.3 is 10.5 Å². The third-order valence-corrected chi connectivity index (χ3v) is 2.95. The first-order valence-corrected chi connectivity index (χ1v) is 5.16. The molecule has 0 saturated carbocycles. The Kier molecular flexibility index (Phi) is 2.57. The molecule has 1 fully saturated rings. The molecule has 1 aliphatic heterocycles. The van der Waals surface area contributed by atoms with Crippen LogP contribution in [0.2, 0.25) is 0 Å². The summed E-state index contributed by atoms with van der Waals surface area (Å²) in [5.41, 5.74) is 7.02. The van der Waals surface area contributed by atoms with Crippen LogP contribution in [0.15, 0.2) is 30.3 Å². The second-order valence-electron chi connectivity index (χ2n) is 4.20. The van der Waals surface area contributed by atoms with E-state index < -0.39 is 0 Å². The number of hydrogen-bond donors (Lipinski definition) is 1. The van der Waals surface area contributed by atoms with Crippen molar-refractivity contribution in [3.05, 3.63) is 35.9 Å². The van der Waals surface area contributed by atoms with E-state index in [-0.39, 0.29) is 11.6 Å². The van der Waals surface area contributed by atoms with Crippen LogP contribution in [0.25, 0.3) is 0 Å². The maximum absolute atomic E-state index is 5.97. The molecule has 1 aromatic carbocycles. The molecule has 0 radical (unpaired) electrons. The van der Waals surface area contributed by atoms with E-state index in [1.807, 2.05) is 18.2 Å². The Morgan fingerprint density at radius 3 is 2.71 bits per heavy atom. The van der Waals surface area contributed by atoms with Crippen molar-refractivity contribution >= 4 is 0 Å². The van der Waals surface area contributed by atoms with Crippen LogP contribution in [-0.4, -0.2) is 12.6 Å². The summed E-state index contributed by atoms with van der Waals surface area (Å²) >= 11 is 0. The van der Waals surface area contributed by atoms with Crippen molar-refractivity contribution in [3.8, 4) is 0 Å². The van der Waals surface area contributed by atoms with E-state index >= 15 is 0 Å². The fourth-order valence-corrected chi connectivity index (χ4v) is 2.09. The summed E-state index contributed by atoms with van der Waals surface area (Å²) in [7, 11) is 0. The molecule has 2 heteroatoms. The predicted molar refractivity (Wildman–Crippen MR) is 57.0 cm³/mol. The molecule has 0 spiro atoms. The van der Waals surface area contributed by atoms with Gasteiger partial charge in [0.15, 0.2) is 0 Å². The van der Waals surface area contributed by atoms with Gasteiger partial charge in [-0.15, -0.1) is 0 Å². The molecule has 2 atom stereocenters. The summed E-state index contributed by atoms with van der Waals surface area (Å²) in [6, 6.07) is 10.6. The molecule has 0 bridgehead atoms. The third kappa shape index (κ3) is 1.81. The maximum Gasteiger partial charge on any atom is 0.0918 e. The van der Waals surface area contributed by atoms with Crippen LogP contribution < -0.4 is 5.73 Å². The Balaban J connectivity index is 2.23. The van der Waals surface area contributed by atoms with Gasteiger partial charge >= 0.3 is 0 Å². The van der Waals surface area contributed by atoms with Crippen molar-refractivity contribution in [1.29, 1.82) is 0 Å². The average molecular weight is 191 g/mol. The largest absolute Gasteiger partial charge is 0.370 e. The lowest BCUT2D eigenvalue weighted by molar-refractivity contribution is -0.0766. The zero-order valence-electron chi connectivity index (χ0n) is 8.57. The summed E-state index contributed by atoms with van der Waals surface area (Å²) in [5.74, 6) is 0. The first-order valence-electron chi connectivity index (χ1n) is 5.16. The van der Waals surface area contributed by atoms with Gasteiger partial charge in [-0.05, 0) is 25.3 Å². The number of hydrogen-bond acceptors (Lipinski definition) is 2. The Morgan fingerprint density at radius 1 is 1.36 bits per heavy atom. The Hall–Kier alpha value is -0.860. The lowest BCUT2D eigenvalue weighted by atomic mass is 9.86. The van der Waals surface area contributed by atoms with E-state index in [0.29, 0.717) is 0 Å². The zero-order chi connectivity index (χ0) is 10.0. The minimum Gasteiger partial charge on any atom is -0.370 e. The van der Waals surface area contributed by atoms with E-state index in [9.17, 15) is 0 Å². The zero-order valence-corrected chi connectivity index (χ0v) is 8.57. The summed E-state index contributed by atoms with van der Waals surface area (Å²) in [6.45, 7) is 2.90. The van der Waals surface area contributed by atoms with Crippen LogP contribution in [-0.2, 0) is 10.3 Å². The highest BCUT2D eigenvalue weighted by Crippen LogP contribution is 2.33. The highest BCUT2D eigenvalue weighted by Gasteiger charge is 2.33. The molecule has 76 valence electrons. The average Bonchev–Trinajstić information content (AvgIpc) is 2.19. The lowest BCUT2D eigenvalue weighted by Crippen LogP contribution is -2.40. The van der Waals surface area contributed by atoms with Crippen LogP contribution in [0.4, 0.5) is 0 Å². The number of ether oxygens (including phenoxy) is 1. The topological polar surface area (TPSA) is 35.2 Å². The smallest absolute Gasteiger partial charge is 0.0918 e. The second kappa shape index (κ2) is 3.71. The molecule has 1 saturated heterocycles. The summed E-state index contributed by atoms with van der Waals surface area (Å²) in [5, 5.41) is 0.